The average molecular weight is 158 g/mol. The van der Waals surface area contributed by atoms with Crippen molar-refractivity contribution in [3.8, 4) is 0 Å². The summed E-state index contributed by atoms with van der Waals surface area (Å²) in [7, 11) is 0. The van der Waals surface area contributed by atoms with E-state index in [-0.39, 0.29) is 0 Å². The van der Waals surface area contributed by atoms with Crippen molar-refractivity contribution in [2.24, 2.45) is 0 Å². The van der Waals surface area contributed by atoms with E-state index in [1.165, 1.54) is 16.5 Å². The number of hydrogen-bond donors (Lipinski definition) is 2. The highest BCUT2D eigenvalue weighted by Gasteiger charge is 2.24. The van der Waals surface area contributed by atoms with Crippen LogP contribution in [0.1, 0.15) is 11.6 Å². The fourth-order valence-electron chi connectivity index (χ4n) is 1.68. The molecule has 0 unspecified atom stereocenters. The Bertz CT molecular complexity index is 412. The van der Waals surface area contributed by atoms with E-state index < -0.39 is 0 Å². The summed E-state index contributed by atoms with van der Waals surface area (Å²) in [6.45, 7) is 1.12. The molecule has 2 heterocycles. The lowest BCUT2D eigenvalue weighted by Gasteiger charge is -1.98. The van der Waals surface area contributed by atoms with Gasteiger partial charge >= 0.3 is 0 Å². The number of rotatable bonds is 1. The standard InChI is InChI=1S/C10H10N2/c1-2-7-4-5-11-10(7)8(3-1)9-6-12-9/h1-5,9,11-12H,6H2/t9-/m0/s1. The molecule has 0 bridgehead atoms. The van der Waals surface area contributed by atoms with Crippen molar-refractivity contribution in [3.05, 3.63) is 36.0 Å². The molecule has 0 radical (unpaired) electrons. The monoisotopic (exact) mass is 158 g/mol. The van der Waals surface area contributed by atoms with E-state index >= 15 is 0 Å². The third kappa shape index (κ3) is 0.786. The number of hydrogen-bond acceptors (Lipinski definition) is 1. The van der Waals surface area contributed by atoms with Crippen LogP contribution in [0.5, 0.6) is 0 Å². The van der Waals surface area contributed by atoms with Gasteiger partial charge in [-0.05, 0) is 17.0 Å². The molecule has 2 aromatic rings. The fraction of sp³-hybridized carbons (Fsp3) is 0.200. The fourth-order valence-corrected chi connectivity index (χ4v) is 1.68. The van der Waals surface area contributed by atoms with Crippen molar-refractivity contribution in [1.29, 1.82) is 0 Å². The summed E-state index contributed by atoms with van der Waals surface area (Å²) >= 11 is 0. The quantitative estimate of drug-likeness (QED) is 0.610. The van der Waals surface area contributed by atoms with Gasteiger partial charge in [-0.2, -0.15) is 0 Å². The van der Waals surface area contributed by atoms with Crippen LogP contribution in [0.2, 0.25) is 0 Å². The highest BCUT2D eigenvalue weighted by atomic mass is 15.1. The predicted octanol–water partition coefficient (Wildman–Crippen LogP) is 1.81. The van der Waals surface area contributed by atoms with Gasteiger partial charge in [-0.1, -0.05) is 18.2 Å². The SMILES string of the molecule is c1cc([C@@H]2CN2)c2[nH]ccc2c1. The Morgan fingerprint density at radius 2 is 2.17 bits per heavy atom. The zero-order valence-electron chi connectivity index (χ0n) is 6.67. The second kappa shape index (κ2) is 2.11. The summed E-state index contributed by atoms with van der Waals surface area (Å²) in [6.07, 6.45) is 2.00. The van der Waals surface area contributed by atoms with Crippen LogP contribution in [-0.2, 0) is 0 Å². The molecule has 1 aromatic carbocycles. The van der Waals surface area contributed by atoms with Crippen molar-refractivity contribution >= 4 is 10.9 Å². The number of fused-ring (bicyclic) bond motifs is 1. The van der Waals surface area contributed by atoms with Gasteiger partial charge in [0.15, 0.2) is 0 Å². The Hall–Kier alpha value is -1.28. The van der Waals surface area contributed by atoms with Gasteiger partial charge in [0, 0.05) is 18.8 Å². The predicted molar refractivity (Wildman–Crippen MR) is 49.0 cm³/mol. The van der Waals surface area contributed by atoms with Gasteiger partial charge in [-0.15, -0.1) is 0 Å². The first-order chi connectivity index (χ1) is 5.95. The Morgan fingerprint density at radius 1 is 1.25 bits per heavy atom. The number of benzene rings is 1. The van der Waals surface area contributed by atoms with Crippen LogP contribution >= 0.6 is 0 Å². The van der Waals surface area contributed by atoms with Gasteiger partial charge in [0.25, 0.3) is 0 Å². The number of para-hydroxylation sites is 1. The average Bonchev–Trinajstić information content (AvgIpc) is 2.82. The maximum absolute atomic E-state index is 3.31. The summed E-state index contributed by atoms with van der Waals surface area (Å²) in [5.41, 5.74) is 2.69. The van der Waals surface area contributed by atoms with Crippen LogP contribution in [0.25, 0.3) is 10.9 Å². The van der Waals surface area contributed by atoms with Crippen LogP contribution in [-0.4, -0.2) is 11.5 Å². The third-order valence-corrected chi connectivity index (χ3v) is 2.40. The molecule has 3 rings (SSSR count). The topological polar surface area (TPSA) is 37.7 Å². The summed E-state index contributed by atoms with van der Waals surface area (Å²) in [5, 5.41) is 4.62. The molecule has 0 spiro atoms. The Morgan fingerprint density at radius 3 is 3.00 bits per heavy atom. The van der Waals surface area contributed by atoms with Crippen LogP contribution in [0.4, 0.5) is 0 Å². The number of nitrogens with one attached hydrogen (secondary N) is 2. The second-order valence-electron chi connectivity index (χ2n) is 3.25. The minimum Gasteiger partial charge on any atom is -0.361 e. The smallest absolute Gasteiger partial charge is 0.0502 e. The largest absolute Gasteiger partial charge is 0.361 e. The molecule has 12 heavy (non-hydrogen) atoms. The zero-order chi connectivity index (χ0) is 7.97. The Balaban J connectivity index is 2.32. The first kappa shape index (κ1) is 6.26. The highest BCUT2D eigenvalue weighted by molar-refractivity contribution is 5.83. The van der Waals surface area contributed by atoms with Crippen molar-refractivity contribution in [3.63, 3.8) is 0 Å². The lowest BCUT2D eigenvalue weighted by molar-refractivity contribution is 1.09. The molecule has 1 aromatic heterocycles. The van der Waals surface area contributed by atoms with E-state index in [4.69, 9.17) is 0 Å². The molecule has 0 amide bonds. The van der Waals surface area contributed by atoms with Gasteiger partial charge in [0.05, 0.1) is 5.52 Å². The van der Waals surface area contributed by atoms with Crippen LogP contribution in [0.3, 0.4) is 0 Å². The van der Waals surface area contributed by atoms with Crippen LogP contribution in [0.15, 0.2) is 30.5 Å². The summed E-state index contributed by atoms with van der Waals surface area (Å²) in [5.74, 6) is 0. The zero-order valence-corrected chi connectivity index (χ0v) is 6.67. The summed E-state index contributed by atoms with van der Waals surface area (Å²) in [6, 6.07) is 9.14. The molecule has 2 heteroatoms. The van der Waals surface area contributed by atoms with E-state index in [1.54, 1.807) is 0 Å². The van der Waals surface area contributed by atoms with E-state index in [0.29, 0.717) is 6.04 Å². The minimum atomic E-state index is 0.590. The Labute approximate surface area is 70.6 Å². The minimum absolute atomic E-state index is 0.590. The lowest BCUT2D eigenvalue weighted by atomic mass is 10.1. The first-order valence-corrected chi connectivity index (χ1v) is 4.24. The molecule has 1 saturated heterocycles. The molecule has 1 atom stereocenters. The molecule has 60 valence electrons. The van der Waals surface area contributed by atoms with Gasteiger partial charge < -0.3 is 10.3 Å². The first-order valence-electron chi connectivity index (χ1n) is 4.24. The van der Waals surface area contributed by atoms with E-state index in [2.05, 4.69) is 34.6 Å². The molecule has 0 saturated carbocycles. The molecule has 2 N–H and O–H groups in total. The van der Waals surface area contributed by atoms with Crippen molar-refractivity contribution < 1.29 is 0 Å². The van der Waals surface area contributed by atoms with Crippen molar-refractivity contribution in [2.45, 2.75) is 6.04 Å². The molecular formula is C10H10N2. The third-order valence-electron chi connectivity index (χ3n) is 2.40. The normalized spacial score (nSPS) is 21.5. The molecule has 2 nitrogen and oxygen atoms in total. The second-order valence-corrected chi connectivity index (χ2v) is 3.25. The molecule has 1 aliphatic heterocycles. The van der Waals surface area contributed by atoms with E-state index in [9.17, 15) is 0 Å². The van der Waals surface area contributed by atoms with Crippen molar-refractivity contribution in [2.75, 3.05) is 6.54 Å². The van der Waals surface area contributed by atoms with Crippen LogP contribution < -0.4 is 5.32 Å². The van der Waals surface area contributed by atoms with Gasteiger partial charge in [-0.3, -0.25) is 0 Å². The Kier molecular flexibility index (Phi) is 1.10. The van der Waals surface area contributed by atoms with Crippen LogP contribution in [0, 0.1) is 0 Å². The van der Waals surface area contributed by atoms with Gasteiger partial charge in [0.1, 0.15) is 0 Å². The summed E-state index contributed by atoms with van der Waals surface area (Å²) in [4.78, 5) is 3.27. The number of aromatic nitrogens is 1. The molecule has 1 fully saturated rings. The van der Waals surface area contributed by atoms with Gasteiger partial charge in [0.2, 0.25) is 0 Å². The number of H-pyrrole nitrogens is 1. The lowest BCUT2D eigenvalue weighted by Crippen LogP contribution is -1.85. The van der Waals surface area contributed by atoms with Crippen molar-refractivity contribution in [1.82, 2.24) is 10.3 Å². The molecule has 1 aliphatic rings. The van der Waals surface area contributed by atoms with Gasteiger partial charge in [-0.25, -0.2) is 0 Å². The summed E-state index contributed by atoms with van der Waals surface area (Å²) < 4.78 is 0. The maximum atomic E-state index is 3.31. The maximum Gasteiger partial charge on any atom is 0.0502 e. The number of aromatic amines is 1. The van der Waals surface area contributed by atoms with E-state index in [0.717, 1.165) is 6.54 Å². The molecular weight excluding hydrogens is 148 g/mol. The molecule has 0 aliphatic carbocycles. The highest BCUT2D eigenvalue weighted by Crippen LogP contribution is 2.27. The van der Waals surface area contributed by atoms with E-state index in [1.807, 2.05) is 6.20 Å².